The molecule has 2 rings (SSSR count). The SMILES string of the molecule is NC(=S)C1(NS(=O)(=O)C2CC2)CCCCCC1. The van der Waals surface area contributed by atoms with Gasteiger partial charge in [-0.3, -0.25) is 0 Å². The van der Waals surface area contributed by atoms with Gasteiger partial charge in [0.05, 0.1) is 15.8 Å². The molecule has 0 aromatic carbocycles. The first-order valence-corrected chi connectivity index (χ1v) is 8.24. The maximum Gasteiger partial charge on any atom is 0.215 e. The molecule has 98 valence electrons. The summed E-state index contributed by atoms with van der Waals surface area (Å²) in [4.78, 5) is 0.309. The highest BCUT2D eigenvalue weighted by Gasteiger charge is 2.43. The highest BCUT2D eigenvalue weighted by atomic mass is 32.2. The molecule has 3 N–H and O–H groups in total. The van der Waals surface area contributed by atoms with Gasteiger partial charge in [-0.25, -0.2) is 13.1 Å². The molecule has 0 atom stereocenters. The van der Waals surface area contributed by atoms with Crippen molar-refractivity contribution in [2.24, 2.45) is 5.73 Å². The van der Waals surface area contributed by atoms with E-state index >= 15 is 0 Å². The smallest absolute Gasteiger partial charge is 0.215 e. The van der Waals surface area contributed by atoms with Crippen LogP contribution in [-0.2, 0) is 10.0 Å². The minimum absolute atomic E-state index is 0.211. The molecule has 0 aromatic heterocycles. The van der Waals surface area contributed by atoms with E-state index in [2.05, 4.69) is 4.72 Å². The Hall–Kier alpha value is -0.200. The van der Waals surface area contributed by atoms with Crippen LogP contribution in [0.25, 0.3) is 0 Å². The quantitative estimate of drug-likeness (QED) is 0.602. The summed E-state index contributed by atoms with van der Waals surface area (Å²) in [5.41, 5.74) is 5.14. The second-order valence-electron chi connectivity index (χ2n) is 5.21. The van der Waals surface area contributed by atoms with Crippen LogP contribution in [-0.4, -0.2) is 24.2 Å². The lowest BCUT2D eigenvalue weighted by Crippen LogP contribution is -2.57. The van der Waals surface area contributed by atoms with Gasteiger partial charge in [0.1, 0.15) is 0 Å². The summed E-state index contributed by atoms with van der Waals surface area (Å²) in [5, 5.41) is -0.211. The van der Waals surface area contributed by atoms with E-state index in [0.29, 0.717) is 4.99 Å². The molecule has 0 saturated heterocycles. The highest BCUT2D eigenvalue weighted by molar-refractivity contribution is 7.90. The van der Waals surface area contributed by atoms with Crippen molar-refractivity contribution in [1.82, 2.24) is 4.72 Å². The second kappa shape index (κ2) is 4.82. The van der Waals surface area contributed by atoms with Crippen molar-refractivity contribution in [3.63, 3.8) is 0 Å². The number of rotatable bonds is 4. The minimum Gasteiger partial charge on any atom is -0.392 e. The Labute approximate surface area is 108 Å². The summed E-state index contributed by atoms with van der Waals surface area (Å²) in [7, 11) is -3.22. The molecule has 2 saturated carbocycles. The highest BCUT2D eigenvalue weighted by Crippen LogP contribution is 2.33. The van der Waals surface area contributed by atoms with Crippen molar-refractivity contribution in [3.8, 4) is 0 Å². The van der Waals surface area contributed by atoms with E-state index in [4.69, 9.17) is 18.0 Å². The zero-order chi connectivity index (χ0) is 12.5. The molecule has 0 heterocycles. The molecule has 0 spiro atoms. The number of nitrogens with two attached hydrogens (primary N) is 1. The summed E-state index contributed by atoms with van der Waals surface area (Å²) in [6.07, 6.45) is 7.27. The van der Waals surface area contributed by atoms with Crippen LogP contribution in [0, 0.1) is 0 Å². The number of nitrogens with one attached hydrogen (secondary N) is 1. The van der Waals surface area contributed by atoms with Crippen LogP contribution in [0.15, 0.2) is 0 Å². The van der Waals surface area contributed by atoms with Gasteiger partial charge in [-0.05, 0) is 25.7 Å². The van der Waals surface area contributed by atoms with Crippen molar-refractivity contribution in [3.05, 3.63) is 0 Å². The molecular formula is C11H20N2O2S2. The monoisotopic (exact) mass is 276 g/mol. The predicted molar refractivity (Wildman–Crippen MR) is 72.3 cm³/mol. The Morgan fingerprint density at radius 3 is 2.12 bits per heavy atom. The predicted octanol–water partition coefficient (Wildman–Crippen LogP) is 1.45. The maximum absolute atomic E-state index is 12.1. The molecule has 0 aromatic rings. The molecule has 0 unspecified atom stereocenters. The third-order valence-electron chi connectivity index (χ3n) is 3.73. The molecule has 2 aliphatic carbocycles. The molecule has 0 aliphatic heterocycles. The third kappa shape index (κ3) is 2.98. The summed E-state index contributed by atoms with van der Waals surface area (Å²) in [6.45, 7) is 0. The molecular weight excluding hydrogens is 256 g/mol. The van der Waals surface area contributed by atoms with Crippen molar-refractivity contribution in [2.45, 2.75) is 62.2 Å². The van der Waals surface area contributed by atoms with Crippen molar-refractivity contribution < 1.29 is 8.42 Å². The average Bonchev–Trinajstić information content (AvgIpc) is 3.04. The molecule has 17 heavy (non-hydrogen) atoms. The van der Waals surface area contributed by atoms with Gasteiger partial charge in [0.25, 0.3) is 0 Å². The van der Waals surface area contributed by atoms with E-state index in [1.54, 1.807) is 0 Å². The van der Waals surface area contributed by atoms with Gasteiger partial charge in [0, 0.05) is 0 Å². The van der Waals surface area contributed by atoms with E-state index in [0.717, 1.165) is 51.4 Å². The molecule has 0 amide bonds. The van der Waals surface area contributed by atoms with Gasteiger partial charge in [0.15, 0.2) is 0 Å². The third-order valence-corrected chi connectivity index (χ3v) is 6.14. The van der Waals surface area contributed by atoms with Crippen molar-refractivity contribution >= 4 is 27.2 Å². The number of thiocarbonyl (C=S) groups is 1. The zero-order valence-corrected chi connectivity index (χ0v) is 11.6. The largest absolute Gasteiger partial charge is 0.392 e. The first kappa shape index (κ1) is 13.2. The molecule has 0 bridgehead atoms. The van der Waals surface area contributed by atoms with Crippen LogP contribution >= 0.6 is 12.2 Å². The van der Waals surface area contributed by atoms with Crippen LogP contribution in [0.3, 0.4) is 0 Å². The molecule has 2 aliphatic rings. The van der Waals surface area contributed by atoms with Gasteiger partial charge in [-0.2, -0.15) is 0 Å². The first-order valence-electron chi connectivity index (χ1n) is 6.29. The first-order chi connectivity index (χ1) is 7.96. The van der Waals surface area contributed by atoms with Crippen molar-refractivity contribution in [2.75, 3.05) is 0 Å². The standard InChI is InChI=1S/C11H20N2O2S2/c12-10(16)11(7-3-1-2-4-8-11)13-17(14,15)9-5-6-9/h9,13H,1-8H2,(H2,12,16). The Balaban J connectivity index is 2.18. The Morgan fingerprint density at radius 2 is 1.71 bits per heavy atom. The Bertz CT molecular complexity index is 394. The topological polar surface area (TPSA) is 72.2 Å². The number of hydrogen-bond donors (Lipinski definition) is 2. The fourth-order valence-corrected chi connectivity index (χ4v) is 4.57. The summed E-state index contributed by atoms with van der Waals surface area (Å²) >= 11 is 5.11. The van der Waals surface area contributed by atoms with Gasteiger partial charge in [-0.1, -0.05) is 37.9 Å². The Morgan fingerprint density at radius 1 is 1.18 bits per heavy atom. The maximum atomic E-state index is 12.1. The van der Waals surface area contributed by atoms with Crippen LogP contribution in [0.2, 0.25) is 0 Å². The fourth-order valence-electron chi connectivity index (χ4n) is 2.46. The fraction of sp³-hybridized carbons (Fsp3) is 0.909. The van der Waals surface area contributed by atoms with E-state index in [1.165, 1.54) is 0 Å². The minimum atomic E-state index is -3.22. The normalized spacial score (nSPS) is 25.2. The van der Waals surface area contributed by atoms with E-state index in [9.17, 15) is 8.42 Å². The van der Waals surface area contributed by atoms with Crippen LogP contribution in [0.5, 0.6) is 0 Å². The summed E-state index contributed by atoms with van der Waals surface area (Å²) < 4.78 is 26.9. The lowest BCUT2D eigenvalue weighted by Gasteiger charge is -2.32. The Kier molecular flexibility index (Phi) is 3.75. The second-order valence-corrected chi connectivity index (χ2v) is 7.61. The lowest BCUT2D eigenvalue weighted by molar-refractivity contribution is 0.440. The average molecular weight is 276 g/mol. The summed E-state index contributed by atoms with van der Waals surface area (Å²) in [6, 6.07) is 0. The molecule has 2 fully saturated rings. The van der Waals surface area contributed by atoms with E-state index in [1.807, 2.05) is 0 Å². The van der Waals surface area contributed by atoms with Gasteiger partial charge >= 0.3 is 0 Å². The van der Waals surface area contributed by atoms with Gasteiger partial charge < -0.3 is 5.73 Å². The number of sulfonamides is 1. The van der Waals surface area contributed by atoms with Crippen molar-refractivity contribution in [1.29, 1.82) is 0 Å². The zero-order valence-electron chi connectivity index (χ0n) is 9.94. The van der Waals surface area contributed by atoms with Gasteiger partial charge in [-0.15, -0.1) is 0 Å². The van der Waals surface area contributed by atoms with E-state index < -0.39 is 15.6 Å². The van der Waals surface area contributed by atoms with E-state index in [-0.39, 0.29) is 5.25 Å². The molecule has 4 nitrogen and oxygen atoms in total. The summed E-state index contributed by atoms with van der Waals surface area (Å²) in [5.74, 6) is 0. The molecule has 6 heteroatoms. The van der Waals surface area contributed by atoms with Crippen LogP contribution in [0.4, 0.5) is 0 Å². The lowest BCUT2D eigenvalue weighted by atomic mass is 9.91. The van der Waals surface area contributed by atoms with Gasteiger partial charge in [0.2, 0.25) is 10.0 Å². The number of hydrogen-bond acceptors (Lipinski definition) is 3. The van der Waals surface area contributed by atoms with Crippen LogP contribution in [0.1, 0.15) is 51.4 Å². The molecule has 0 radical (unpaired) electrons. The van der Waals surface area contributed by atoms with Crippen LogP contribution < -0.4 is 10.5 Å².